The van der Waals surface area contributed by atoms with E-state index < -0.39 is 36.1 Å². The lowest BCUT2D eigenvalue weighted by Crippen LogP contribution is -2.41. The summed E-state index contributed by atoms with van der Waals surface area (Å²) in [7, 11) is -0.733. The number of carbonyl (C=O) groups is 2. The molecule has 1 atom stereocenters. The van der Waals surface area contributed by atoms with Gasteiger partial charge in [-0.15, -0.1) is 0 Å². The number of carboxylic acid groups (broad SMARTS) is 1. The van der Waals surface area contributed by atoms with Gasteiger partial charge in [0, 0.05) is 17.2 Å². The van der Waals surface area contributed by atoms with E-state index in [0.29, 0.717) is 22.5 Å². The van der Waals surface area contributed by atoms with Gasteiger partial charge < -0.3 is 24.1 Å². The Kier molecular flexibility index (Phi) is 5.59. The lowest BCUT2D eigenvalue weighted by molar-refractivity contribution is -0.137. The number of aromatic amines is 1. The number of hydrogen-bond acceptors (Lipinski definition) is 5. The van der Waals surface area contributed by atoms with Crippen LogP contribution in [0.2, 0.25) is 0 Å². The number of esters is 1. The average Bonchev–Trinajstić information content (AvgIpc) is 2.89. The van der Waals surface area contributed by atoms with Crippen LogP contribution >= 0.6 is 0 Å². The Hall–Kier alpha value is -1.80. The Morgan fingerprint density at radius 1 is 1.19 bits per heavy atom. The topological polar surface area (TPSA) is 97.9 Å². The van der Waals surface area contributed by atoms with Gasteiger partial charge in [0.1, 0.15) is 0 Å². The maximum absolute atomic E-state index is 12.3. The minimum Gasteiger partial charge on any atom is -0.481 e. The summed E-state index contributed by atoms with van der Waals surface area (Å²) in [6.45, 7) is 13.2. The third kappa shape index (κ3) is 3.66. The molecule has 1 saturated heterocycles. The van der Waals surface area contributed by atoms with Crippen molar-refractivity contribution in [1.82, 2.24) is 4.98 Å². The van der Waals surface area contributed by atoms with Crippen molar-refractivity contribution in [2.45, 2.75) is 71.9 Å². The van der Waals surface area contributed by atoms with Crippen LogP contribution in [0.15, 0.2) is 0 Å². The van der Waals surface area contributed by atoms with E-state index in [1.807, 2.05) is 27.7 Å². The highest BCUT2D eigenvalue weighted by atomic mass is 16.7. The Morgan fingerprint density at radius 2 is 1.73 bits per heavy atom. The lowest BCUT2D eigenvalue weighted by atomic mass is 9.67. The standard InChI is InChI=1S/C18H28BNO6/c1-8-24-16(23)14-10(2)15(20-11(14)3)12(9-13(21)22)19-25-17(4,5)18(6,7)26-19/h12,20H,8-9H2,1-7H3,(H,21,22). The molecule has 0 radical (unpaired) electrons. The molecule has 0 bridgehead atoms. The second-order valence-corrected chi connectivity index (χ2v) is 7.71. The van der Waals surface area contributed by atoms with Crippen molar-refractivity contribution < 1.29 is 28.7 Å². The summed E-state index contributed by atoms with van der Waals surface area (Å²) in [4.78, 5) is 26.9. The molecule has 0 aliphatic carbocycles. The van der Waals surface area contributed by atoms with Gasteiger partial charge in [0.2, 0.25) is 0 Å². The maximum atomic E-state index is 12.3. The third-order valence-electron chi connectivity index (χ3n) is 5.32. The van der Waals surface area contributed by atoms with Crippen LogP contribution in [0.1, 0.15) is 74.2 Å². The number of aromatic nitrogens is 1. The first-order valence-corrected chi connectivity index (χ1v) is 8.85. The fraction of sp³-hybridized carbons (Fsp3) is 0.667. The zero-order valence-corrected chi connectivity index (χ0v) is 16.6. The number of nitrogens with one attached hydrogen (secondary N) is 1. The van der Waals surface area contributed by atoms with Crippen LogP contribution in [-0.2, 0) is 18.8 Å². The SMILES string of the molecule is CCOC(=O)c1c(C)[nH]c(C(CC(=O)O)B2OC(C)(C)C(C)(C)O2)c1C. The molecule has 1 aromatic rings. The van der Waals surface area contributed by atoms with E-state index in [2.05, 4.69) is 4.98 Å². The monoisotopic (exact) mass is 365 g/mol. The smallest absolute Gasteiger partial charge is 0.467 e. The lowest BCUT2D eigenvalue weighted by Gasteiger charge is -2.32. The second kappa shape index (κ2) is 7.08. The van der Waals surface area contributed by atoms with Gasteiger partial charge in [-0.3, -0.25) is 4.79 Å². The Labute approximate surface area is 154 Å². The molecule has 0 aromatic carbocycles. The molecular weight excluding hydrogens is 337 g/mol. The zero-order valence-electron chi connectivity index (χ0n) is 16.6. The third-order valence-corrected chi connectivity index (χ3v) is 5.32. The van der Waals surface area contributed by atoms with Crippen molar-refractivity contribution in [1.29, 1.82) is 0 Å². The number of aliphatic carboxylic acids is 1. The molecule has 1 aromatic heterocycles. The van der Waals surface area contributed by atoms with Gasteiger partial charge in [0.25, 0.3) is 0 Å². The molecule has 8 heteroatoms. The first-order chi connectivity index (χ1) is 11.9. The molecular formula is C18H28BNO6. The van der Waals surface area contributed by atoms with E-state index in [1.54, 1.807) is 20.8 Å². The van der Waals surface area contributed by atoms with Crippen molar-refractivity contribution in [3.8, 4) is 0 Å². The summed E-state index contributed by atoms with van der Waals surface area (Å²) >= 11 is 0. The number of H-pyrrole nitrogens is 1. The van der Waals surface area contributed by atoms with Gasteiger partial charge in [-0.25, -0.2) is 4.79 Å². The maximum Gasteiger partial charge on any atom is 0.467 e. The van der Waals surface area contributed by atoms with Gasteiger partial charge in [0.15, 0.2) is 0 Å². The summed E-state index contributed by atoms with van der Waals surface area (Å²) in [5, 5.41) is 9.41. The van der Waals surface area contributed by atoms with Crippen LogP contribution in [0.4, 0.5) is 0 Å². The van der Waals surface area contributed by atoms with Crippen LogP contribution in [-0.4, -0.2) is 47.0 Å². The van der Waals surface area contributed by atoms with Crippen LogP contribution < -0.4 is 0 Å². The van der Waals surface area contributed by atoms with Crippen LogP contribution in [0.25, 0.3) is 0 Å². The van der Waals surface area contributed by atoms with E-state index in [-0.39, 0.29) is 13.0 Å². The fourth-order valence-electron chi connectivity index (χ4n) is 3.23. The fourth-order valence-corrected chi connectivity index (χ4v) is 3.23. The molecule has 1 aliphatic rings. The predicted octanol–water partition coefficient (Wildman–Crippen LogP) is 3.00. The van der Waals surface area contributed by atoms with Gasteiger partial charge in [-0.05, 0) is 54.0 Å². The largest absolute Gasteiger partial charge is 0.481 e. The molecule has 2 heterocycles. The zero-order chi connectivity index (χ0) is 19.9. The molecule has 26 heavy (non-hydrogen) atoms. The number of rotatable bonds is 6. The normalized spacial score (nSPS) is 19.4. The molecule has 144 valence electrons. The summed E-state index contributed by atoms with van der Waals surface area (Å²) in [6.07, 6.45) is -0.181. The minimum atomic E-state index is -0.964. The summed E-state index contributed by atoms with van der Waals surface area (Å²) in [5.41, 5.74) is 1.23. The van der Waals surface area contributed by atoms with Crippen LogP contribution in [0, 0.1) is 13.8 Å². The van der Waals surface area contributed by atoms with Crippen molar-refractivity contribution in [3.63, 3.8) is 0 Å². The molecule has 1 fully saturated rings. The van der Waals surface area contributed by atoms with Gasteiger partial charge in [-0.1, -0.05) is 0 Å². The first-order valence-electron chi connectivity index (χ1n) is 8.85. The van der Waals surface area contributed by atoms with Gasteiger partial charge in [-0.2, -0.15) is 0 Å². The Morgan fingerprint density at radius 3 is 2.19 bits per heavy atom. The number of hydrogen-bond donors (Lipinski definition) is 2. The summed E-state index contributed by atoms with van der Waals surface area (Å²) in [5.74, 6) is -1.96. The number of carbonyl (C=O) groups excluding carboxylic acids is 1. The highest BCUT2D eigenvalue weighted by Crippen LogP contribution is 2.42. The van der Waals surface area contributed by atoms with E-state index >= 15 is 0 Å². The van der Waals surface area contributed by atoms with Crippen LogP contribution in [0.5, 0.6) is 0 Å². The first kappa shape index (κ1) is 20.5. The number of ether oxygens (including phenoxy) is 1. The quantitative estimate of drug-likeness (QED) is 0.594. The Balaban J connectivity index is 2.45. The minimum absolute atomic E-state index is 0.181. The van der Waals surface area contributed by atoms with Crippen molar-refractivity contribution in [2.24, 2.45) is 0 Å². The average molecular weight is 365 g/mol. The summed E-state index contributed by atoms with van der Waals surface area (Å²) in [6, 6.07) is 0. The van der Waals surface area contributed by atoms with E-state index in [0.717, 1.165) is 0 Å². The molecule has 7 nitrogen and oxygen atoms in total. The highest BCUT2D eigenvalue weighted by molar-refractivity contribution is 6.48. The van der Waals surface area contributed by atoms with E-state index in [4.69, 9.17) is 14.0 Å². The van der Waals surface area contributed by atoms with E-state index in [1.165, 1.54) is 0 Å². The molecule has 2 N–H and O–H groups in total. The second-order valence-electron chi connectivity index (χ2n) is 7.71. The highest BCUT2D eigenvalue weighted by Gasteiger charge is 2.55. The molecule has 0 saturated carbocycles. The van der Waals surface area contributed by atoms with Crippen LogP contribution in [0.3, 0.4) is 0 Å². The predicted molar refractivity (Wildman–Crippen MR) is 97.3 cm³/mol. The molecule has 0 spiro atoms. The van der Waals surface area contributed by atoms with Crippen molar-refractivity contribution in [2.75, 3.05) is 6.61 Å². The number of aryl methyl sites for hydroxylation is 1. The molecule has 1 unspecified atom stereocenters. The molecule has 1 aliphatic heterocycles. The molecule has 2 rings (SSSR count). The van der Waals surface area contributed by atoms with Crippen molar-refractivity contribution in [3.05, 3.63) is 22.5 Å². The molecule has 0 amide bonds. The Bertz CT molecular complexity index is 693. The van der Waals surface area contributed by atoms with Gasteiger partial charge >= 0.3 is 19.1 Å². The van der Waals surface area contributed by atoms with Crippen molar-refractivity contribution >= 4 is 19.1 Å². The summed E-state index contributed by atoms with van der Waals surface area (Å²) < 4.78 is 17.3. The number of carboxylic acids is 1. The van der Waals surface area contributed by atoms with E-state index in [9.17, 15) is 14.7 Å². The van der Waals surface area contributed by atoms with Gasteiger partial charge in [0.05, 0.1) is 29.8 Å².